The maximum absolute atomic E-state index is 14.6. The van der Waals surface area contributed by atoms with Gasteiger partial charge in [0.15, 0.2) is 14.2 Å². The predicted molar refractivity (Wildman–Crippen MR) is 83.3 cm³/mol. The Morgan fingerprint density at radius 2 is 1.73 bits per heavy atom. The minimum absolute atomic E-state index is 0.0814. The number of halogens is 5. The summed E-state index contributed by atoms with van der Waals surface area (Å²) in [6.45, 7) is 7.29. The van der Waals surface area contributed by atoms with Crippen molar-refractivity contribution >= 4 is 19.3 Å². The van der Waals surface area contributed by atoms with E-state index in [1.807, 2.05) is 0 Å². The molecule has 0 N–H and O–H groups in total. The molecule has 1 aromatic carbocycles. The van der Waals surface area contributed by atoms with Crippen LogP contribution < -0.4 is 5.19 Å². The van der Waals surface area contributed by atoms with Gasteiger partial charge in [0.2, 0.25) is 0 Å². The second kappa shape index (κ2) is 6.52. The highest BCUT2D eigenvalue weighted by Gasteiger charge is 2.69. The standard InChI is InChI=1S/C16H21F5Si/c1-5-9-14(17)15(18,19)16(20,21)22(3,4)13-11-8-7-10-12(13)6-2/h6-8,10-11,14H,2,5,9H2,1,3-4H3. The van der Waals surface area contributed by atoms with Crippen LogP contribution in [0.1, 0.15) is 25.3 Å². The zero-order valence-corrected chi connectivity index (χ0v) is 14.0. The van der Waals surface area contributed by atoms with Crippen LogP contribution in [0.3, 0.4) is 0 Å². The van der Waals surface area contributed by atoms with Gasteiger partial charge in [-0.3, -0.25) is 0 Å². The van der Waals surface area contributed by atoms with Crippen LogP contribution in [0, 0.1) is 0 Å². The van der Waals surface area contributed by atoms with Crippen molar-refractivity contribution < 1.29 is 22.0 Å². The molecule has 22 heavy (non-hydrogen) atoms. The molecule has 0 spiro atoms. The SMILES string of the molecule is C=Cc1ccccc1[Si](C)(C)C(F)(F)C(F)(F)C(F)CCC. The van der Waals surface area contributed by atoms with E-state index >= 15 is 0 Å². The molecule has 1 aromatic rings. The lowest BCUT2D eigenvalue weighted by molar-refractivity contribution is -0.201. The minimum atomic E-state index is -4.69. The minimum Gasteiger partial charge on any atom is -0.241 e. The van der Waals surface area contributed by atoms with E-state index in [0.29, 0.717) is 5.56 Å². The highest BCUT2D eigenvalue weighted by molar-refractivity contribution is 6.92. The third kappa shape index (κ3) is 2.98. The number of alkyl halides is 5. The molecule has 1 unspecified atom stereocenters. The molecule has 0 radical (unpaired) electrons. The normalized spacial score (nSPS) is 14.7. The molecule has 0 nitrogen and oxygen atoms in total. The first-order valence-corrected chi connectivity index (χ1v) is 10.2. The van der Waals surface area contributed by atoms with Crippen molar-refractivity contribution in [2.75, 3.05) is 0 Å². The van der Waals surface area contributed by atoms with Crippen LogP contribution in [-0.2, 0) is 0 Å². The van der Waals surface area contributed by atoms with Crippen molar-refractivity contribution in [3.63, 3.8) is 0 Å². The Morgan fingerprint density at radius 3 is 2.23 bits per heavy atom. The fourth-order valence-corrected chi connectivity index (χ4v) is 5.21. The van der Waals surface area contributed by atoms with Crippen molar-refractivity contribution in [1.82, 2.24) is 0 Å². The molecule has 1 atom stereocenters. The molecule has 0 aliphatic heterocycles. The van der Waals surface area contributed by atoms with Gasteiger partial charge in [0.1, 0.15) is 0 Å². The van der Waals surface area contributed by atoms with Gasteiger partial charge in [-0.25, -0.2) is 13.2 Å². The number of benzene rings is 1. The smallest absolute Gasteiger partial charge is 0.241 e. The molecule has 0 saturated heterocycles. The fraction of sp³-hybridized carbons (Fsp3) is 0.500. The second-order valence-electron chi connectivity index (χ2n) is 5.87. The van der Waals surface area contributed by atoms with Crippen LogP contribution >= 0.6 is 0 Å². The van der Waals surface area contributed by atoms with Crippen LogP contribution in [-0.4, -0.2) is 25.7 Å². The average Bonchev–Trinajstić information content (AvgIpc) is 2.46. The molecule has 0 saturated carbocycles. The lowest BCUT2D eigenvalue weighted by Crippen LogP contribution is -2.68. The first-order valence-electron chi connectivity index (χ1n) is 7.15. The zero-order valence-electron chi connectivity index (χ0n) is 13.0. The summed E-state index contributed by atoms with van der Waals surface area (Å²) < 4.78 is 71.0. The lowest BCUT2D eigenvalue weighted by atomic mass is 10.1. The van der Waals surface area contributed by atoms with E-state index in [1.54, 1.807) is 12.1 Å². The van der Waals surface area contributed by atoms with Gasteiger partial charge in [-0.2, -0.15) is 8.78 Å². The highest BCUT2D eigenvalue weighted by atomic mass is 28.3. The van der Waals surface area contributed by atoms with Crippen molar-refractivity contribution in [2.45, 2.75) is 50.5 Å². The summed E-state index contributed by atoms with van der Waals surface area (Å²) in [6.07, 6.45) is -2.00. The maximum atomic E-state index is 14.6. The van der Waals surface area contributed by atoms with Crippen LogP contribution in [0.5, 0.6) is 0 Å². The van der Waals surface area contributed by atoms with Crippen molar-refractivity contribution in [1.29, 1.82) is 0 Å². The van der Waals surface area contributed by atoms with Crippen LogP contribution in [0.25, 0.3) is 6.08 Å². The third-order valence-electron chi connectivity index (χ3n) is 3.99. The Labute approximate surface area is 129 Å². The molecule has 0 aromatic heterocycles. The molecule has 6 heteroatoms. The Kier molecular flexibility index (Phi) is 5.60. The average molecular weight is 336 g/mol. The van der Waals surface area contributed by atoms with Gasteiger partial charge in [0.05, 0.1) is 0 Å². The zero-order chi connectivity index (χ0) is 17.2. The summed E-state index contributed by atoms with van der Waals surface area (Å²) >= 11 is 0. The van der Waals surface area contributed by atoms with E-state index in [0.717, 1.165) is 13.1 Å². The van der Waals surface area contributed by atoms with Crippen molar-refractivity contribution in [3.8, 4) is 0 Å². The summed E-state index contributed by atoms with van der Waals surface area (Å²) in [5, 5.41) is 0.151. The number of hydrogen-bond donors (Lipinski definition) is 0. The fourth-order valence-electron chi connectivity index (χ4n) is 2.46. The molecule has 0 fully saturated rings. The maximum Gasteiger partial charge on any atom is 0.336 e. The van der Waals surface area contributed by atoms with Crippen LogP contribution in [0.15, 0.2) is 30.8 Å². The van der Waals surface area contributed by atoms with E-state index in [-0.39, 0.29) is 11.6 Å². The van der Waals surface area contributed by atoms with Gasteiger partial charge in [-0.1, -0.05) is 63.4 Å². The summed E-state index contributed by atoms with van der Waals surface area (Å²) in [6, 6.07) is 6.09. The summed E-state index contributed by atoms with van der Waals surface area (Å²) in [5.74, 6) is -4.69. The molecule has 0 heterocycles. The first-order chi connectivity index (χ1) is 10.0. The molecular formula is C16H21F5Si. The molecule has 0 bridgehead atoms. The molecule has 1 rings (SSSR count). The molecular weight excluding hydrogens is 315 g/mol. The van der Waals surface area contributed by atoms with Crippen LogP contribution in [0.2, 0.25) is 13.1 Å². The van der Waals surface area contributed by atoms with Crippen molar-refractivity contribution in [3.05, 3.63) is 36.4 Å². The topological polar surface area (TPSA) is 0 Å². The molecule has 0 aliphatic rings. The molecule has 124 valence electrons. The summed E-state index contributed by atoms with van der Waals surface area (Å²) in [4.78, 5) is 0. The van der Waals surface area contributed by atoms with Gasteiger partial charge >= 0.3 is 5.92 Å². The largest absolute Gasteiger partial charge is 0.336 e. The van der Waals surface area contributed by atoms with E-state index in [4.69, 9.17) is 0 Å². The van der Waals surface area contributed by atoms with E-state index in [9.17, 15) is 22.0 Å². The second-order valence-corrected chi connectivity index (χ2v) is 10.3. The third-order valence-corrected chi connectivity index (χ3v) is 7.70. The van der Waals surface area contributed by atoms with Gasteiger partial charge in [0, 0.05) is 0 Å². The Hall–Kier alpha value is -1.17. The summed E-state index contributed by atoms with van der Waals surface area (Å²) in [5.41, 5.74) is -4.02. The number of hydrogen-bond acceptors (Lipinski definition) is 0. The summed E-state index contributed by atoms with van der Waals surface area (Å²) in [7, 11) is -3.99. The first kappa shape index (κ1) is 18.9. The molecule has 0 amide bonds. The van der Waals surface area contributed by atoms with Gasteiger partial charge < -0.3 is 0 Å². The predicted octanol–water partition coefficient (Wildman–Crippen LogP) is 5.19. The van der Waals surface area contributed by atoms with Crippen LogP contribution in [0.4, 0.5) is 22.0 Å². The Balaban J connectivity index is 3.37. The van der Waals surface area contributed by atoms with E-state index < -0.39 is 32.1 Å². The van der Waals surface area contributed by atoms with E-state index in [2.05, 4.69) is 6.58 Å². The Bertz CT molecular complexity index is 525. The van der Waals surface area contributed by atoms with E-state index in [1.165, 1.54) is 25.1 Å². The lowest BCUT2D eigenvalue weighted by Gasteiger charge is -2.39. The Morgan fingerprint density at radius 1 is 1.18 bits per heavy atom. The van der Waals surface area contributed by atoms with Gasteiger partial charge in [-0.15, -0.1) is 0 Å². The van der Waals surface area contributed by atoms with Crippen molar-refractivity contribution in [2.24, 2.45) is 0 Å². The molecule has 0 aliphatic carbocycles. The highest BCUT2D eigenvalue weighted by Crippen LogP contribution is 2.45. The van der Waals surface area contributed by atoms with Gasteiger partial charge in [0.25, 0.3) is 5.55 Å². The number of rotatable bonds is 7. The monoisotopic (exact) mass is 336 g/mol. The van der Waals surface area contributed by atoms with Gasteiger partial charge in [-0.05, 0) is 17.2 Å². The quantitative estimate of drug-likeness (QED) is 0.475.